The maximum absolute atomic E-state index is 13.7. The molecule has 59 heavy (non-hydrogen) atoms. The highest BCUT2D eigenvalue weighted by Crippen LogP contribution is 2.38. The van der Waals surface area contributed by atoms with Gasteiger partial charge in [0.2, 0.25) is 11.8 Å². The van der Waals surface area contributed by atoms with Crippen molar-refractivity contribution >= 4 is 57.8 Å². The highest BCUT2D eigenvalue weighted by atomic mass is 35.5. The molecule has 2 amide bonds. The van der Waals surface area contributed by atoms with Crippen molar-refractivity contribution in [1.29, 1.82) is 0 Å². The topological polar surface area (TPSA) is 156 Å². The molecule has 0 aromatic heterocycles. The Hall–Kier alpha value is -5.22. The molecule has 4 aliphatic rings. The van der Waals surface area contributed by atoms with Crippen LogP contribution in [0.15, 0.2) is 94.9 Å². The van der Waals surface area contributed by atoms with Crippen molar-refractivity contribution in [2.75, 3.05) is 36.6 Å². The van der Waals surface area contributed by atoms with Gasteiger partial charge in [0.1, 0.15) is 30.4 Å². The summed E-state index contributed by atoms with van der Waals surface area (Å²) in [5, 5.41) is 7.22. The Bertz CT molecular complexity index is 2260. The minimum absolute atomic E-state index is 0.0725. The van der Waals surface area contributed by atoms with Crippen molar-refractivity contribution in [3.05, 3.63) is 117 Å². The first-order valence-corrected chi connectivity index (χ1v) is 20.6. The molecule has 16 heteroatoms. The van der Waals surface area contributed by atoms with E-state index in [-0.39, 0.29) is 62.5 Å². The Labute approximate surface area is 353 Å². The summed E-state index contributed by atoms with van der Waals surface area (Å²) in [5.74, 6) is 1.09. The molecule has 0 aliphatic carbocycles. The monoisotopic (exact) mass is 838 g/mol. The van der Waals surface area contributed by atoms with Crippen LogP contribution in [0.1, 0.15) is 55.9 Å². The van der Waals surface area contributed by atoms with Gasteiger partial charge in [-0.1, -0.05) is 47.5 Å². The van der Waals surface area contributed by atoms with E-state index in [1.54, 1.807) is 7.11 Å². The van der Waals surface area contributed by atoms with Crippen LogP contribution >= 0.6 is 23.2 Å². The van der Waals surface area contributed by atoms with Gasteiger partial charge in [0, 0.05) is 50.2 Å². The highest BCUT2D eigenvalue weighted by molar-refractivity contribution is 6.31. The Morgan fingerprint density at radius 2 is 1.15 bits per heavy atom. The standard InChI is InChI=1S/C43H48Cl2N10O4/c1-5-46-38(56)22-34-42-52-51-25(3)55(42)37-17-15-31(21-33(37)41(48-34)27-8-12-29(45)13-9-27)59-19-18-47-39(57)23-35-43-53-50-24(2)54(43)36-16-14-30(58-4)20-32(36)40(49-35)26-6-10-28(44)11-7-26/h6-17,20-21,24-25,34-35,42-43,50-53H,5,18-19,22-23H2,1-4H3,(H,46,56)(H,47,57)/t24?,25?,34-,35-,42?,43?/m0/s1. The van der Waals surface area contributed by atoms with Crippen molar-refractivity contribution < 1.29 is 19.1 Å². The number of benzene rings is 4. The summed E-state index contributed by atoms with van der Waals surface area (Å²) in [5.41, 5.74) is 20.3. The Balaban J connectivity index is 1.01. The summed E-state index contributed by atoms with van der Waals surface area (Å²) < 4.78 is 11.9. The fourth-order valence-electron chi connectivity index (χ4n) is 8.21. The zero-order valence-corrected chi connectivity index (χ0v) is 34.8. The Kier molecular flexibility index (Phi) is 12.1. The molecule has 4 aromatic carbocycles. The van der Waals surface area contributed by atoms with Crippen molar-refractivity contribution in [1.82, 2.24) is 32.3 Å². The van der Waals surface area contributed by atoms with Crippen LogP contribution < -0.4 is 51.6 Å². The summed E-state index contributed by atoms with van der Waals surface area (Å²) in [6.07, 6.45) is -0.412. The highest BCUT2D eigenvalue weighted by Gasteiger charge is 2.42. The zero-order valence-electron chi connectivity index (χ0n) is 33.3. The molecule has 0 spiro atoms. The van der Waals surface area contributed by atoms with Gasteiger partial charge < -0.3 is 29.9 Å². The van der Waals surface area contributed by atoms with E-state index in [2.05, 4.69) is 56.0 Å². The third-order valence-corrected chi connectivity index (χ3v) is 11.5. The number of nitrogens with one attached hydrogen (secondary N) is 6. The van der Waals surface area contributed by atoms with E-state index in [1.807, 2.05) is 91.9 Å². The summed E-state index contributed by atoms with van der Waals surface area (Å²) in [7, 11) is 1.64. The zero-order chi connectivity index (χ0) is 41.2. The van der Waals surface area contributed by atoms with Crippen LogP contribution in [0.2, 0.25) is 10.0 Å². The number of nitrogens with zero attached hydrogens (tertiary/aromatic N) is 4. The number of fused-ring (bicyclic) bond motifs is 6. The van der Waals surface area contributed by atoms with E-state index in [9.17, 15) is 9.59 Å². The molecule has 0 saturated carbocycles. The van der Waals surface area contributed by atoms with Crippen LogP contribution in [-0.2, 0) is 9.59 Å². The van der Waals surface area contributed by atoms with Crippen LogP contribution in [0, 0.1) is 0 Å². The number of hydrogen-bond donors (Lipinski definition) is 6. The van der Waals surface area contributed by atoms with Crippen LogP contribution in [0.4, 0.5) is 11.4 Å². The number of carbonyl (C=O) groups excluding carboxylic acids is 2. The van der Waals surface area contributed by atoms with Gasteiger partial charge in [-0.3, -0.25) is 19.6 Å². The molecule has 4 aromatic rings. The van der Waals surface area contributed by atoms with Crippen LogP contribution in [0.25, 0.3) is 0 Å². The van der Waals surface area contributed by atoms with E-state index in [0.717, 1.165) is 45.1 Å². The average Bonchev–Trinajstić information content (AvgIpc) is 3.74. The number of hydrazine groups is 2. The van der Waals surface area contributed by atoms with E-state index in [4.69, 9.17) is 42.7 Å². The molecule has 308 valence electrons. The average molecular weight is 840 g/mol. The fourth-order valence-corrected chi connectivity index (χ4v) is 8.46. The van der Waals surface area contributed by atoms with Crippen molar-refractivity contribution in [2.45, 2.75) is 70.4 Å². The summed E-state index contributed by atoms with van der Waals surface area (Å²) in [6.45, 7) is 7.07. The molecule has 6 N–H and O–H groups in total. The molecule has 0 radical (unpaired) electrons. The van der Waals surface area contributed by atoms with E-state index >= 15 is 0 Å². The van der Waals surface area contributed by atoms with Gasteiger partial charge in [0.05, 0.1) is 62.3 Å². The second-order valence-electron chi connectivity index (χ2n) is 14.9. The van der Waals surface area contributed by atoms with Gasteiger partial charge in [-0.05, 0) is 81.4 Å². The molecular formula is C43H48Cl2N10O4. The Morgan fingerprint density at radius 3 is 1.64 bits per heavy atom. The quantitative estimate of drug-likeness (QED) is 0.111. The fraction of sp³-hybridized carbons (Fsp3) is 0.349. The van der Waals surface area contributed by atoms with Gasteiger partial charge in [0.25, 0.3) is 0 Å². The Morgan fingerprint density at radius 1 is 0.678 bits per heavy atom. The lowest BCUT2D eigenvalue weighted by Crippen LogP contribution is -2.48. The molecule has 6 atom stereocenters. The second kappa shape index (κ2) is 17.6. The summed E-state index contributed by atoms with van der Waals surface area (Å²) in [4.78, 5) is 41.5. The van der Waals surface area contributed by atoms with Crippen LogP contribution in [0.5, 0.6) is 11.5 Å². The first-order chi connectivity index (χ1) is 28.6. The number of anilines is 2. The number of ether oxygens (including phenoxy) is 2. The molecule has 2 fully saturated rings. The van der Waals surface area contributed by atoms with Gasteiger partial charge in [-0.25, -0.2) is 21.7 Å². The van der Waals surface area contributed by atoms with Crippen molar-refractivity contribution in [3.63, 3.8) is 0 Å². The number of rotatable bonds is 12. The first-order valence-electron chi connectivity index (χ1n) is 19.9. The number of methoxy groups -OCH3 is 1. The van der Waals surface area contributed by atoms with Gasteiger partial charge in [0.15, 0.2) is 0 Å². The lowest BCUT2D eigenvalue weighted by molar-refractivity contribution is -0.122. The summed E-state index contributed by atoms with van der Waals surface area (Å²) in [6, 6.07) is 26.1. The minimum Gasteiger partial charge on any atom is -0.497 e. The number of carbonyl (C=O) groups is 2. The predicted molar refractivity (Wildman–Crippen MR) is 232 cm³/mol. The maximum Gasteiger partial charge on any atom is 0.222 e. The third-order valence-electron chi connectivity index (χ3n) is 11.0. The van der Waals surface area contributed by atoms with Gasteiger partial charge in [-0.2, -0.15) is 0 Å². The molecule has 2 saturated heterocycles. The lowest BCUT2D eigenvalue weighted by Gasteiger charge is -2.31. The predicted octanol–water partition coefficient (Wildman–Crippen LogP) is 4.73. The lowest BCUT2D eigenvalue weighted by atomic mass is 9.99. The molecule has 8 rings (SSSR count). The number of aliphatic imine (C=N–C) groups is 2. The third kappa shape index (κ3) is 8.47. The van der Waals surface area contributed by atoms with Crippen molar-refractivity contribution in [2.24, 2.45) is 9.98 Å². The normalized spacial score (nSPS) is 23.1. The van der Waals surface area contributed by atoms with Gasteiger partial charge >= 0.3 is 0 Å². The summed E-state index contributed by atoms with van der Waals surface area (Å²) >= 11 is 12.6. The SMILES string of the molecule is CCNC(=O)C[C@@H]1N=C(c2ccc(Cl)cc2)c2cc(OCCNC(=O)C[C@@H]3N=C(c4ccc(Cl)cc4)c4cc(OC)ccc4N4C(C)NNC34)ccc2N2C(C)NNC12. The molecule has 4 unspecified atom stereocenters. The number of amides is 2. The van der Waals surface area contributed by atoms with Crippen LogP contribution in [-0.4, -0.2) is 86.8 Å². The smallest absolute Gasteiger partial charge is 0.222 e. The van der Waals surface area contributed by atoms with E-state index in [0.29, 0.717) is 28.1 Å². The molecule has 4 heterocycles. The van der Waals surface area contributed by atoms with Crippen LogP contribution in [0.3, 0.4) is 0 Å². The van der Waals surface area contributed by atoms with E-state index < -0.39 is 12.1 Å². The largest absolute Gasteiger partial charge is 0.497 e. The first kappa shape index (κ1) is 40.6. The number of hydrogen-bond acceptors (Lipinski definition) is 12. The van der Waals surface area contributed by atoms with Crippen molar-refractivity contribution in [3.8, 4) is 11.5 Å². The molecular weight excluding hydrogens is 791 g/mol. The van der Waals surface area contributed by atoms with E-state index in [1.165, 1.54) is 0 Å². The molecule has 14 nitrogen and oxygen atoms in total. The molecule has 0 bridgehead atoms. The maximum atomic E-state index is 13.7. The number of halogens is 2. The molecule has 4 aliphatic heterocycles. The van der Waals surface area contributed by atoms with Gasteiger partial charge in [-0.15, -0.1) is 0 Å². The second-order valence-corrected chi connectivity index (χ2v) is 15.7. The minimum atomic E-state index is -0.453.